The Bertz CT molecular complexity index is 3230. The summed E-state index contributed by atoms with van der Waals surface area (Å²) in [6.07, 6.45) is 0. The van der Waals surface area contributed by atoms with Gasteiger partial charge in [-0.25, -0.2) is 0 Å². The largest absolute Gasteiger partial charge is 0.310 e. The van der Waals surface area contributed by atoms with Gasteiger partial charge in [0.25, 0.3) is 0 Å². The van der Waals surface area contributed by atoms with Gasteiger partial charge in [-0.2, -0.15) is 0 Å². The summed E-state index contributed by atoms with van der Waals surface area (Å²) in [6, 6.07) is 79.4. The second kappa shape index (κ2) is 13.2. The van der Waals surface area contributed by atoms with Crippen molar-refractivity contribution in [3.63, 3.8) is 0 Å². The van der Waals surface area contributed by atoms with E-state index in [1.165, 1.54) is 76.4 Å². The summed E-state index contributed by atoms with van der Waals surface area (Å²) < 4.78 is 2.40. The molecule has 2 heteroatoms. The molecule has 1 heterocycles. The highest BCUT2D eigenvalue weighted by Crippen LogP contribution is 2.40. The summed E-state index contributed by atoms with van der Waals surface area (Å²) >= 11 is 0. The molecule has 0 fully saturated rings. The number of anilines is 3. The lowest BCUT2D eigenvalue weighted by atomic mass is 10.00. The third-order valence-electron chi connectivity index (χ3n) is 11.3. The molecule has 262 valence electrons. The van der Waals surface area contributed by atoms with Gasteiger partial charge in [0.1, 0.15) is 0 Å². The van der Waals surface area contributed by atoms with E-state index in [4.69, 9.17) is 0 Å². The number of rotatable bonds is 6. The van der Waals surface area contributed by atoms with Crippen LogP contribution in [0.15, 0.2) is 218 Å². The van der Waals surface area contributed by atoms with Crippen molar-refractivity contribution in [3.8, 4) is 27.9 Å². The molecule has 0 saturated heterocycles. The maximum absolute atomic E-state index is 2.40. The van der Waals surface area contributed by atoms with Gasteiger partial charge in [-0.15, -0.1) is 0 Å². The van der Waals surface area contributed by atoms with Crippen LogP contribution in [0.25, 0.3) is 82.1 Å². The van der Waals surface area contributed by atoms with E-state index in [-0.39, 0.29) is 0 Å². The van der Waals surface area contributed by atoms with Crippen LogP contribution >= 0.6 is 0 Å². The minimum Gasteiger partial charge on any atom is -0.310 e. The predicted molar refractivity (Wildman–Crippen MR) is 239 cm³/mol. The summed E-state index contributed by atoms with van der Waals surface area (Å²) in [7, 11) is 0. The van der Waals surface area contributed by atoms with Gasteiger partial charge in [0.2, 0.25) is 0 Å². The van der Waals surface area contributed by atoms with Crippen molar-refractivity contribution in [2.75, 3.05) is 4.90 Å². The third kappa shape index (κ3) is 5.42. The standard InChI is InChI=1S/C54H36N2/c1-2-10-37(11-3-1)39-20-27-46(28-21-39)55(48-31-24-38-12-4-5-14-42(38)35-48)49-32-25-44-34-43(18-19-45(44)36-49)40-22-29-47(30-23-40)56-52-17-9-8-16-51(52)54-50-15-7-6-13-41(50)26-33-53(54)56/h1-36H. The van der Waals surface area contributed by atoms with Crippen LogP contribution in [-0.4, -0.2) is 4.57 Å². The molecule has 0 spiro atoms. The Morgan fingerprint density at radius 1 is 0.286 bits per heavy atom. The van der Waals surface area contributed by atoms with Crippen LogP contribution in [-0.2, 0) is 0 Å². The molecule has 10 aromatic carbocycles. The molecule has 1 aromatic heterocycles. The predicted octanol–water partition coefficient (Wildman–Crippen LogP) is 15.0. The van der Waals surface area contributed by atoms with Gasteiger partial charge >= 0.3 is 0 Å². The maximum atomic E-state index is 2.40. The summed E-state index contributed by atoms with van der Waals surface area (Å²) in [5.41, 5.74) is 11.8. The van der Waals surface area contributed by atoms with Gasteiger partial charge in [0, 0.05) is 33.5 Å². The van der Waals surface area contributed by atoms with E-state index in [1.54, 1.807) is 0 Å². The van der Waals surface area contributed by atoms with E-state index >= 15 is 0 Å². The third-order valence-corrected chi connectivity index (χ3v) is 11.3. The van der Waals surface area contributed by atoms with Gasteiger partial charge in [0.05, 0.1) is 11.0 Å². The Morgan fingerprint density at radius 2 is 0.786 bits per heavy atom. The molecule has 2 nitrogen and oxygen atoms in total. The quantitative estimate of drug-likeness (QED) is 0.167. The van der Waals surface area contributed by atoms with E-state index in [2.05, 4.69) is 228 Å². The van der Waals surface area contributed by atoms with E-state index in [0.29, 0.717) is 0 Å². The highest BCUT2D eigenvalue weighted by molar-refractivity contribution is 6.21. The van der Waals surface area contributed by atoms with E-state index in [0.717, 1.165) is 22.7 Å². The number of hydrogen-bond acceptors (Lipinski definition) is 1. The molecule has 56 heavy (non-hydrogen) atoms. The highest BCUT2D eigenvalue weighted by Gasteiger charge is 2.16. The average Bonchev–Trinajstić information content (AvgIpc) is 3.62. The van der Waals surface area contributed by atoms with Gasteiger partial charge in [-0.3, -0.25) is 0 Å². The van der Waals surface area contributed by atoms with Crippen molar-refractivity contribution in [1.29, 1.82) is 0 Å². The number of para-hydroxylation sites is 1. The maximum Gasteiger partial charge on any atom is 0.0547 e. The number of fused-ring (bicyclic) bond motifs is 7. The van der Waals surface area contributed by atoms with Gasteiger partial charge in [-0.1, -0.05) is 152 Å². The van der Waals surface area contributed by atoms with Gasteiger partial charge in [0.15, 0.2) is 0 Å². The monoisotopic (exact) mass is 712 g/mol. The Balaban J connectivity index is 0.957. The fourth-order valence-corrected chi connectivity index (χ4v) is 8.57. The second-order valence-electron chi connectivity index (χ2n) is 14.6. The Labute approximate surface area is 325 Å². The van der Waals surface area contributed by atoms with E-state index < -0.39 is 0 Å². The van der Waals surface area contributed by atoms with Crippen molar-refractivity contribution in [2.45, 2.75) is 0 Å². The van der Waals surface area contributed by atoms with E-state index in [1.807, 2.05) is 0 Å². The first-order chi connectivity index (χ1) is 27.7. The summed E-state index contributed by atoms with van der Waals surface area (Å²) in [5.74, 6) is 0. The molecule has 0 saturated carbocycles. The van der Waals surface area contributed by atoms with Gasteiger partial charge < -0.3 is 9.47 Å². The number of aromatic nitrogens is 1. The first-order valence-corrected chi connectivity index (χ1v) is 19.3. The molecule has 11 aromatic rings. The molecular formula is C54H36N2. The summed E-state index contributed by atoms with van der Waals surface area (Å²) in [4.78, 5) is 2.37. The van der Waals surface area contributed by atoms with Crippen LogP contribution in [0.5, 0.6) is 0 Å². The summed E-state index contributed by atoms with van der Waals surface area (Å²) in [5, 5.41) is 10.0. The zero-order valence-corrected chi connectivity index (χ0v) is 30.7. The zero-order valence-electron chi connectivity index (χ0n) is 30.7. The molecule has 11 rings (SSSR count). The molecule has 0 N–H and O–H groups in total. The number of hydrogen-bond donors (Lipinski definition) is 0. The van der Waals surface area contributed by atoms with Crippen molar-refractivity contribution >= 4 is 71.2 Å². The van der Waals surface area contributed by atoms with Crippen LogP contribution < -0.4 is 4.90 Å². The molecule has 0 atom stereocenters. The SMILES string of the molecule is c1ccc(-c2ccc(N(c3ccc4ccccc4c3)c3ccc4cc(-c5ccc(-n6c7ccccc7c7c8ccccc8ccc76)cc5)ccc4c3)cc2)cc1. The van der Waals surface area contributed by atoms with Crippen LogP contribution in [0.2, 0.25) is 0 Å². The minimum absolute atomic E-state index is 1.12. The number of benzene rings is 10. The molecule has 0 amide bonds. The lowest BCUT2D eigenvalue weighted by Gasteiger charge is -2.26. The highest BCUT2D eigenvalue weighted by atomic mass is 15.1. The molecular weight excluding hydrogens is 677 g/mol. The van der Waals surface area contributed by atoms with Crippen LogP contribution in [0.1, 0.15) is 0 Å². The van der Waals surface area contributed by atoms with Crippen LogP contribution in [0.4, 0.5) is 17.1 Å². The van der Waals surface area contributed by atoms with Crippen molar-refractivity contribution in [3.05, 3.63) is 218 Å². The van der Waals surface area contributed by atoms with Crippen molar-refractivity contribution in [1.82, 2.24) is 4.57 Å². The first kappa shape index (κ1) is 32.0. The van der Waals surface area contributed by atoms with Crippen molar-refractivity contribution in [2.24, 2.45) is 0 Å². The Morgan fingerprint density at radius 3 is 1.57 bits per heavy atom. The minimum atomic E-state index is 1.12. The Hall–Kier alpha value is -7.42. The molecule has 0 aliphatic carbocycles. The number of nitrogens with zero attached hydrogens (tertiary/aromatic N) is 2. The lowest BCUT2D eigenvalue weighted by Crippen LogP contribution is -2.09. The average molecular weight is 713 g/mol. The zero-order chi connectivity index (χ0) is 37.0. The van der Waals surface area contributed by atoms with Gasteiger partial charge in [-0.05, 0) is 121 Å². The fraction of sp³-hybridized carbons (Fsp3) is 0. The Kier molecular flexibility index (Phi) is 7.53. The van der Waals surface area contributed by atoms with Crippen LogP contribution in [0.3, 0.4) is 0 Å². The molecule has 0 aliphatic rings. The van der Waals surface area contributed by atoms with Crippen LogP contribution in [0, 0.1) is 0 Å². The summed E-state index contributed by atoms with van der Waals surface area (Å²) in [6.45, 7) is 0. The fourth-order valence-electron chi connectivity index (χ4n) is 8.57. The van der Waals surface area contributed by atoms with Crippen molar-refractivity contribution < 1.29 is 0 Å². The lowest BCUT2D eigenvalue weighted by molar-refractivity contribution is 1.18. The molecule has 0 unspecified atom stereocenters. The molecule has 0 aliphatic heterocycles. The second-order valence-corrected chi connectivity index (χ2v) is 14.6. The molecule has 0 bridgehead atoms. The topological polar surface area (TPSA) is 8.17 Å². The first-order valence-electron chi connectivity index (χ1n) is 19.3. The normalized spacial score (nSPS) is 11.6. The molecule has 0 radical (unpaired) electrons. The van der Waals surface area contributed by atoms with E-state index in [9.17, 15) is 0 Å². The smallest absolute Gasteiger partial charge is 0.0547 e.